The zero-order valence-electron chi connectivity index (χ0n) is 14.0. The van der Waals surface area contributed by atoms with Crippen molar-refractivity contribution < 1.29 is 4.79 Å². The molecule has 1 amide bonds. The molecule has 0 bridgehead atoms. The number of nitrogens with one attached hydrogen (secondary N) is 2. The first kappa shape index (κ1) is 17.0. The molecule has 0 saturated heterocycles. The number of nitrogens with zero attached hydrogens (tertiary/aromatic N) is 2. The second kappa shape index (κ2) is 7.40. The summed E-state index contributed by atoms with van der Waals surface area (Å²) in [6.45, 7) is 0. The normalized spacial score (nSPS) is 11.8. The summed E-state index contributed by atoms with van der Waals surface area (Å²) in [6, 6.07) is 14.9. The van der Waals surface area contributed by atoms with Crippen LogP contribution in [0.1, 0.15) is 27.5 Å². The van der Waals surface area contributed by atoms with Gasteiger partial charge in [0.25, 0.3) is 5.91 Å². The third kappa shape index (κ3) is 3.83. The van der Waals surface area contributed by atoms with Crippen LogP contribution in [-0.4, -0.2) is 35.1 Å². The molecule has 3 aromatic rings. The minimum Gasteiger partial charge on any atom is -0.374 e. The predicted octanol–water partition coefficient (Wildman–Crippen LogP) is 3.97. The molecule has 1 aromatic heterocycles. The second-order valence-corrected chi connectivity index (χ2v) is 6.32. The largest absolute Gasteiger partial charge is 0.374 e. The molecule has 0 spiro atoms. The standard InChI is InChI=1S/C19H19ClN4O/c1-24(2)19(25)13-6-5-7-15(10-13)23-18(14-11-21-22-12-14)16-8-3-4-9-17(16)20/h3-12,18,23H,1-2H3,(H,21,22). The number of anilines is 1. The number of benzene rings is 2. The maximum Gasteiger partial charge on any atom is 0.253 e. The quantitative estimate of drug-likeness (QED) is 0.728. The van der Waals surface area contributed by atoms with E-state index in [1.54, 1.807) is 31.3 Å². The van der Waals surface area contributed by atoms with E-state index in [9.17, 15) is 4.79 Å². The van der Waals surface area contributed by atoms with Gasteiger partial charge in [-0.25, -0.2) is 0 Å². The van der Waals surface area contributed by atoms with Gasteiger partial charge in [-0.15, -0.1) is 0 Å². The van der Waals surface area contributed by atoms with Crippen molar-refractivity contribution in [3.8, 4) is 0 Å². The van der Waals surface area contributed by atoms with E-state index >= 15 is 0 Å². The Morgan fingerprint density at radius 1 is 1.20 bits per heavy atom. The summed E-state index contributed by atoms with van der Waals surface area (Å²) in [5.74, 6) is -0.0405. The maximum absolute atomic E-state index is 12.2. The predicted molar refractivity (Wildman–Crippen MR) is 100.0 cm³/mol. The molecular formula is C19H19ClN4O. The third-order valence-corrected chi connectivity index (χ3v) is 4.24. The van der Waals surface area contributed by atoms with Crippen LogP contribution in [0.15, 0.2) is 60.9 Å². The van der Waals surface area contributed by atoms with Gasteiger partial charge in [0, 0.05) is 42.1 Å². The average Bonchev–Trinajstić information content (AvgIpc) is 3.14. The van der Waals surface area contributed by atoms with Crippen LogP contribution in [0, 0.1) is 0 Å². The molecule has 0 aliphatic rings. The van der Waals surface area contributed by atoms with E-state index in [0.717, 1.165) is 16.8 Å². The number of H-pyrrole nitrogens is 1. The van der Waals surface area contributed by atoms with Crippen LogP contribution >= 0.6 is 11.6 Å². The summed E-state index contributed by atoms with van der Waals surface area (Å²) in [5, 5.41) is 11.0. The zero-order chi connectivity index (χ0) is 17.8. The summed E-state index contributed by atoms with van der Waals surface area (Å²) in [7, 11) is 3.47. The van der Waals surface area contributed by atoms with Crippen LogP contribution in [0.3, 0.4) is 0 Å². The van der Waals surface area contributed by atoms with Gasteiger partial charge < -0.3 is 10.2 Å². The summed E-state index contributed by atoms with van der Waals surface area (Å²) >= 11 is 6.39. The van der Waals surface area contributed by atoms with Gasteiger partial charge in [-0.3, -0.25) is 9.89 Å². The lowest BCUT2D eigenvalue weighted by Gasteiger charge is -2.21. The lowest BCUT2D eigenvalue weighted by molar-refractivity contribution is 0.0827. The van der Waals surface area contributed by atoms with Gasteiger partial charge >= 0.3 is 0 Å². The molecular weight excluding hydrogens is 336 g/mol. The molecule has 1 heterocycles. The summed E-state index contributed by atoms with van der Waals surface area (Å²) < 4.78 is 0. The summed E-state index contributed by atoms with van der Waals surface area (Å²) in [6.07, 6.45) is 3.59. The molecule has 0 radical (unpaired) electrons. The molecule has 0 aliphatic carbocycles. The Labute approximate surface area is 151 Å². The van der Waals surface area contributed by atoms with Gasteiger partial charge in [0.1, 0.15) is 0 Å². The minimum atomic E-state index is -0.183. The van der Waals surface area contributed by atoms with Gasteiger partial charge in [0.2, 0.25) is 0 Å². The second-order valence-electron chi connectivity index (χ2n) is 5.91. The van der Waals surface area contributed by atoms with E-state index in [2.05, 4.69) is 15.5 Å². The number of aromatic nitrogens is 2. The first-order valence-electron chi connectivity index (χ1n) is 7.87. The van der Waals surface area contributed by atoms with E-state index in [1.165, 1.54) is 0 Å². The van der Waals surface area contributed by atoms with Gasteiger partial charge in [0.15, 0.2) is 0 Å². The monoisotopic (exact) mass is 354 g/mol. The van der Waals surface area contributed by atoms with Crippen molar-refractivity contribution in [2.24, 2.45) is 0 Å². The molecule has 5 nitrogen and oxygen atoms in total. The SMILES string of the molecule is CN(C)C(=O)c1cccc(NC(c2cn[nH]c2)c2ccccc2Cl)c1. The van der Waals surface area contributed by atoms with Crippen LogP contribution in [0.4, 0.5) is 5.69 Å². The smallest absolute Gasteiger partial charge is 0.253 e. The Morgan fingerprint density at radius 3 is 2.68 bits per heavy atom. The Hall–Kier alpha value is -2.79. The van der Waals surface area contributed by atoms with Crippen LogP contribution in [0.5, 0.6) is 0 Å². The van der Waals surface area contributed by atoms with Crippen LogP contribution in [0.25, 0.3) is 0 Å². The van der Waals surface area contributed by atoms with Crippen LogP contribution in [0.2, 0.25) is 5.02 Å². The lowest BCUT2D eigenvalue weighted by atomic mass is 10.0. The van der Waals surface area contributed by atoms with Gasteiger partial charge in [-0.2, -0.15) is 5.10 Å². The first-order chi connectivity index (χ1) is 12.1. The number of aromatic amines is 1. The lowest BCUT2D eigenvalue weighted by Crippen LogP contribution is -2.21. The van der Waals surface area contributed by atoms with Crippen LogP contribution < -0.4 is 5.32 Å². The molecule has 25 heavy (non-hydrogen) atoms. The highest BCUT2D eigenvalue weighted by atomic mass is 35.5. The number of halogens is 1. The number of carbonyl (C=O) groups excluding carboxylic acids is 1. The molecule has 0 saturated carbocycles. The Bertz CT molecular complexity index is 861. The van der Waals surface area contributed by atoms with Gasteiger partial charge in [-0.1, -0.05) is 35.9 Å². The molecule has 6 heteroatoms. The van der Waals surface area contributed by atoms with Crippen molar-refractivity contribution in [2.75, 3.05) is 19.4 Å². The molecule has 0 fully saturated rings. The fraction of sp³-hybridized carbons (Fsp3) is 0.158. The topological polar surface area (TPSA) is 61.0 Å². The Morgan fingerprint density at radius 2 is 2.00 bits per heavy atom. The molecule has 3 rings (SSSR count). The Balaban J connectivity index is 1.96. The zero-order valence-corrected chi connectivity index (χ0v) is 14.8. The number of hydrogen-bond donors (Lipinski definition) is 2. The van der Waals surface area contributed by atoms with E-state index in [0.29, 0.717) is 10.6 Å². The fourth-order valence-electron chi connectivity index (χ4n) is 2.64. The molecule has 2 aromatic carbocycles. The van der Waals surface area contributed by atoms with E-state index < -0.39 is 0 Å². The number of rotatable bonds is 5. The number of amides is 1. The molecule has 1 atom stereocenters. The van der Waals surface area contributed by atoms with E-state index in [4.69, 9.17) is 11.6 Å². The van der Waals surface area contributed by atoms with Crippen molar-refractivity contribution >= 4 is 23.2 Å². The minimum absolute atomic E-state index is 0.0405. The van der Waals surface area contributed by atoms with E-state index in [-0.39, 0.29) is 11.9 Å². The van der Waals surface area contributed by atoms with Crippen LogP contribution in [-0.2, 0) is 0 Å². The Kier molecular flexibility index (Phi) is 5.05. The van der Waals surface area contributed by atoms with Crippen molar-refractivity contribution in [3.63, 3.8) is 0 Å². The molecule has 1 unspecified atom stereocenters. The van der Waals surface area contributed by atoms with Crippen molar-refractivity contribution in [1.82, 2.24) is 15.1 Å². The molecule has 0 aliphatic heterocycles. The number of carbonyl (C=O) groups is 1. The summed E-state index contributed by atoms with van der Waals surface area (Å²) in [5.41, 5.74) is 3.35. The van der Waals surface area contributed by atoms with Crippen molar-refractivity contribution in [2.45, 2.75) is 6.04 Å². The van der Waals surface area contributed by atoms with Crippen molar-refractivity contribution in [3.05, 3.63) is 82.6 Å². The van der Waals surface area contributed by atoms with Gasteiger partial charge in [-0.05, 0) is 29.8 Å². The average molecular weight is 355 g/mol. The third-order valence-electron chi connectivity index (χ3n) is 3.90. The molecule has 2 N–H and O–H groups in total. The highest BCUT2D eigenvalue weighted by Gasteiger charge is 2.18. The fourth-order valence-corrected chi connectivity index (χ4v) is 2.88. The van der Waals surface area contributed by atoms with Crippen molar-refractivity contribution in [1.29, 1.82) is 0 Å². The summed E-state index contributed by atoms with van der Waals surface area (Å²) in [4.78, 5) is 13.8. The number of hydrogen-bond acceptors (Lipinski definition) is 3. The first-order valence-corrected chi connectivity index (χ1v) is 8.25. The highest BCUT2D eigenvalue weighted by molar-refractivity contribution is 6.31. The highest BCUT2D eigenvalue weighted by Crippen LogP contribution is 2.31. The maximum atomic E-state index is 12.2. The molecule has 128 valence electrons. The van der Waals surface area contributed by atoms with E-state index in [1.807, 2.05) is 48.7 Å². The van der Waals surface area contributed by atoms with Gasteiger partial charge in [0.05, 0.1) is 12.2 Å².